The third-order valence-corrected chi connectivity index (χ3v) is 13.2. The van der Waals surface area contributed by atoms with Crippen LogP contribution in [0.3, 0.4) is 0 Å². The van der Waals surface area contributed by atoms with Crippen LogP contribution in [0.2, 0.25) is 18.1 Å². The molecule has 0 aromatic heterocycles. The molecule has 1 N–H and O–H groups in total. The highest BCUT2D eigenvalue weighted by atomic mass is 28.4. The van der Waals surface area contributed by atoms with E-state index in [-0.39, 0.29) is 29.0 Å². The maximum absolute atomic E-state index is 10.8. The lowest BCUT2D eigenvalue weighted by atomic mass is 9.56. The van der Waals surface area contributed by atoms with E-state index in [1.165, 1.54) is 25.7 Å². The molecule has 0 aromatic carbocycles. The molecule has 4 rings (SSSR count). The first-order valence-electron chi connectivity index (χ1n) is 12.3. The van der Waals surface area contributed by atoms with Gasteiger partial charge in [0.15, 0.2) is 14.1 Å². The van der Waals surface area contributed by atoms with Crippen molar-refractivity contribution >= 4 is 8.32 Å². The van der Waals surface area contributed by atoms with Crippen molar-refractivity contribution in [3.8, 4) is 11.8 Å². The van der Waals surface area contributed by atoms with Crippen LogP contribution in [-0.4, -0.2) is 44.6 Å². The molecule has 0 bridgehead atoms. The third-order valence-electron chi connectivity index (χ3n) is 8.70. The summed E-state index contributed by atoms with van der Waals surface area (Å²) < 4.78 is 18.7. The van der Waals surface area contributed by atoms with Crippen molar-refractivity contribution in [3.05, 3.63) is 0 Å². The van der Waals surface area contributed by atoms with Gasteiger partial charge in [0.2, 0.25) is 0 Å². The second kappa shape index (κ2) is 8.52. The minimum atomic E-state index is -1.89. The average Bonchev–Trinajstić information content (AvgIpc) is 3.32. The van der Waals surface area contributed by atoms with Gasteiger partial charge < -0.3 is 19.0 Å². The molecular weight excluding hydrogens is 392 g/mol. The van der Waals surface area contributed by atoms with Crippen LogP contribution in [0.5, 0.6) is 0 Å². The molecule has 4 nitrogen and oxygen atoms in total. The molecule has 0 amide bonds. The maximum atomic E-state index is 10.8. The molecule has 0 unspecified atom stereocenters. The smallest absolute Gasteiger partial charge is 0.193 e. The first-order chi connectivity index (χ1) is 14.1. The van der Waals surface area contributed by atoms with E-state index in [1.54, 1.807) is 0 Å². The van der Waals surface area contributed by atoms with E-state index in [0.717, 1.165) is 31.6 Å². The Bertz CT molecular complexity index is 661. The van der Waals surface area contributed by atoms with Crippen molar-refractivity contribution < 1.29 is 19.0 Å². The highest BCUT2D eigenvalue weighted by Gasteiger charge is 2.62. The van der Waals surface area contributed by atoms with Gasteiger partial charge in [-0.1, -0.05) is 58.3 Å². The number of aliphatic hydroxyl groups excluding tert-OH is 1. The molecule has 170 valence electrons. The fourth-order valence-corrected chi connectivity index (χ4v) is 7.05. The van der Waals surface area contributed by atoms with Crippen LogP contribution in [0, 0.1) is 35.5 Å². The molecule has 3 saturated carbocycles. The molecule has 4 aliphatic rings. The van der Waals surface area contributed by atoms with Crippen molar-refractivity contribution in [1.29, 1.82) is 0 Å². The third kappa shape index (κ3) is 4.41. The van der Waals surface area contributed by atoms with Crippen molar-refractivity contribution in [2.45, 2.75) is 108 Å². The Morgan fingerprint density at radius 2 is 1.77 bits per heavy atom. The minimum Gasteiger partial charge on any atom is -0.403 e. The van der Waals surface area contributed by atoms with Crippen molar-refractivity contribution in [2.75, 3.05) is 13.2 Å². The fourth-order valence-electron chi connectivity index (χ4n) is 5.83. The van der Waals surface area contributed by atoms with E-state index in [1.807, 2.05) is 0 Å². The van der Waals surface area contributed by atoms with Crippen LogP contribution in [0.15, 0.2) is 0 Å². The highest BCUT2D eigenvalue weighted by Crippen LogP contribution is 2.57. The van der Waals surface area contributed by atoms with Gasteiger partial charge >= 0.3 is 0 Å². The molecule has 0 radical (unpaired) electrons. The van der Waals surface area contributed by atoms with Gasteiger partial charge in [0.1, 0.15) is 6.10 Å². The Hall–Kier alpha value is -0.383. The summed E-state index contributed by atoms with van der Waals surface area (Å²) in [5.74, 6) is 8.27. The number of hydrogen-bond acceptors (Lipinski definition) is 4. The molecule has 0 aromatic rings. The van der Waals surface area contributed by atoms with Crippen LogP contribution in [0.4, 0.5) is 0 Å². The van der Waals surface area contributed by atoms with Crippen LogP contribution in [-0.2, 0) is 13.9 Å². The molecule has 30 heavy (non-hydrogen) atoms. The first kappa shape index (κ1) is 22.8. The number of rotatable bonds is 4. The molecule has 4 fully saturated rings. The maximum Gasteiger partial charge on any atom is 0.193 e. The van der Waals surface area contributed by atoms with Gasteiger partial charge in [0, 0.05) is 18.3 Å². The summed E-state index contributed by atoms with van der Waals surface area (Å²) in [5, 5.41) is 10.9. The summed E-state index contributed by atoms with van der Waals surface area (Å²) in [6.45, 7) is 12.9. The molecule has 5 atom stereocenters. The summed E-state index contributed by atoms with van der Waals surface area (Å²) in [4.78, 5) is 0. The average molecular weight is 435 g/mol. The SMILES string of the molecule is CC(C)(C)[Si](C)(C)O[C@H](C#C[C@@H]1[C@H]2CC3(OCCO3)[C@H]2CC[C@H]1O)CC1CCCC1. The number of ether oxygens (including phenoxy) is 2. The summed E-state index contributed by atoms with van der Waals surface area (Å²) in [6.07, 6.45) is 8.68. The Balaban J connectivity index is 1.49. The van der Waals surface area contributed by atoms with Gasteiger partial charge in [-0.3, -0.25) is 0 Å². The standard InChI is InChI=1S/C25H42O4Si/c1-24(2,3)30(4,5)29-19(16-18-8-6-7-9-18)10-11-20-21-17-25(27-14-15-28-25)22(21)12-13-23(20)26/h18-23,26H,6-9,12-17H2,1-5H3/t19-,20-,21-,22+,23-/m1/s1. The molecule has 3 aliphatic carbocycles. The van der Waals surface area contributed by atoms with Gasteiger partial charge in [-0.05, 0) is 49.2 Å². The monoisotopic (exact) mass is 434 g/mol. The lowest BCUT2D eigenvalue weighted by Crippen LogP contribution is -2.60. The molecule has 1 aliphatic heterocycles. The summed E-state index contributed by atoms with van der Waals surface area (Å²) >= 11 is 0. The van der Waals surface area contributed by atoms with Gasteiger partial charge in [0.25, 0.3) is 0 Å². The fraction of sp³-hybridized carbons (Fsp3) is 0.920. The lowest BCUT2D eigenvalue weighted by molar-refractivity contribution is -0.296. The van der Waals surface area contributed by atoms with Crippen molar-refractivity contribution in [2.24, 2.45) is 23.7 Å². The van der Waals surface area contributed by atoms with Gasteiger partial charge in [0.05, 0.1) is 19.3 Å². The highest BCUT2D eigenvalue weighted by molar-refractivity contribution is 6.74. The van der Waals surface area contributed by atoms with E-state index in [0.29, 0.717) is 25.0 Å². The predicted octanol–water partition coefficient (Wildman–Crippen LogP) is 5.11. The molecule has 1 spiro atoms. The van der Waals surface area contributed by atoms with Crippen LogP contribution >= 0.6 is 0 Å². The van der Waals surface area contributed by atoms with Crippen molar-refractivity contribution in [3.63, 3.8) is 0 Å². The Labute approximate surface area is 184 Å². The molecule has 1 saturated heterocycles. The Morgan fingerprint density at radius 1 is 1.10 bits per heavy atom. The van der Waals surface area contributed by atoms with Gasteiger partial charge in [-0.15, -0.1) is 0 Å². The lowest BCUT2D eigenvalue weighted by Gasteiger charge is -2.56. The van der Waals surface area contributed by atoms with Crippen LogP contribution < -0.4 is 0 Å². The first-order valence-corrected chi connectivity index (χ1v) is 15.2. The zero-order chi connectivity index (χ0) is 21.6. The number of hydrogen-bond donors (Lipinski definition) is 1. The number of aliphatic hydroxyl groups is 1. The van der Waals surface area contributed by atoms with Crippen molar-refractivity contribution in [1.82, 2.24) is 0 Å². The normalized spacial score (nSPS) is 34.9. The van der Waals surface area contributed by atoms with Crippen LogP contribution in [0.1, 0.15) is 72.1 Å². The zero-order valence-electron chi connectivity index (χ0n) is 19.7. The quantitative estimate of drug-likeness (QED) is 0.493. The molecular formula is C25H42O4Si. The summed E-state index contributed by atoms with van der Waals surface area (Å²) in [6, 6.07) is 0. The zero-order valence-corrected chi connectivity index (χ0v) is 20.7. The topological polar surface area (TPSA) is 47.9 Å². The number of fused-ring (bicyclic) bond motifs is 2. The van der Waals surface area contributed by atoms with Crippen LogP contribution in [0.25, 0.3) is 0 Å². The van der Waals surface area contributed by atoms with E-state index in [2.05, 4.69) is 45.7 Å². The summed E-state index contributed by atoms with van der Waals surface area (Å²) in [7, 11) is -1.89. The van der Waals surface area contributed by atoms with E-state index in [9.17, 15) is 5.11 Å². The largest absolute Gasteiger partial charge is 0.403 e. The predicted molar refractivity (Wildman–Crippen MR) is 121 cm³/mol. The summed E-state index contributed by atoms with van der Waals surface area (Å²) in [5.41, 5.74) is 0. The second-order valence-electron chi connectivity index (χ2n) is 11.7. The van der Waals surface area contributed by atoms with E-state index >= 15 is 0 Å². The molecule has 1 heterocycles. The Kier molecular flexibility index (Phi) is 6.47. The van der Waals surface area contributed by atoms with Gasteiger partial charge in [-0.25, -0.2) is 0 Å². The second-order valence-corrected chi connectivity index (χ2v) is 16.5. The Morgan fingerprint density at radius 3 is 2.40 bits per heavy atom. The minimum absolute atomic E-state index is 0.00501. The van der Waals surface area contributed by atoms with E-state index in [4.69, 9.17) is 13.9 Å². The van der Waals surface area contributed by atoms with E-state index < -0.39 is 8.32 Å². The van der Waals surface area contributed by atoms with Gasteiger partial charge in [-0.2, -0.15) is 0 Å². The molecule has 5 heteroatoms.